The highest BCUT2D eigenvalue weighted by molar-refractivity contribution is 4.85. The van der Waals surface area contributed by atoms with Gasteiger partial charge >= 0.3 is 0 Å². The average molecular weight is 160 g/mol. The van der Waals surface area contributed by atoms with Crippen LogP contribution in [-0.2, 0) is 0 Å². The largest absolute Gasteiger partial charge is 0.390 e. The molecule has 11 heavy (non-hydrogen) atoms. The molecule has 2 atom stereocenters. The summed E-state index contributed by atoms with van der Waals surface area (Å²) in [5.74, 6) is 0.204. The van der Waals surface area contributed by atoms with Gasteiger partial charge in [-0.25, -0.2) is 4.39 Å². The van der Waals surface area contributed by atoms with E-state index in [-0.39, 0.29) is 5.92 Å². The van der Waals surface area contributed by atoms with Crippen molar-refractivity contribution < 1.29 is 9.50 Å². The molecule has 0 saturated heterocycles. The third kappa shape index (κ3) is 2.16. The maximum absolute atomic E-state index is 12.0. The van der Waals surface area contributed by atoms with E-state index >= 15 is 0 Å². The summed E-state index contributed by atoms with van der Waals surface area (Å²) in [5, 5.41) is 9.21. The SMILES string of the molecule is CC1(C)CCC(C(O)CF)C1. The Morgan fingerprint density at radius 2 is 2.27 bits per heavy atom. The van der Waals surface area contributed by atoms with Crippen molar-refractivity contribution in [2.45, 2.75) is 39.2 Å². The molecule has 2 unspecified atom stereocenters. The summed E-state index contributed by atoms with van der Waals surface area (Å²) >= 11 is 0. The number of hydrogen-bond donors (Lipinski definition) is 1. The number of alkyl halides is 1. The minimum atomic E-state index is -0.711. The molecule has 0 bridgehead atoms. The van der Waals surface area contributed by atoms with Gasteiger partial charge in [-0.05, 0) is 30.6 Å². The third-order valence-electron chi connectivity index (χ3n) is 2.71. The fourth-order valence-electron chi connectivity index (χ4n) is 1.94. The van der Waals surface area contributed by atoms with E-state index in [1.54, 1.807) is 0 Å². The summed E-state index contributed by atoms with van der Waals surface area (Å²) in [4.78, 5) is 0. The fourth-order valence-corrected chi connectivity index (χ4v) is 1.94. The molecule has 66 valence electrons. The Kier molecular flexibility index (Phi) is 2.53. The van der Waals surface area contributed by atoms with E-state index < -0.39 is 12.8 Å². The summed E-state index contributed by atoms with van der Waals surface area (Å²) in [5.41, 5.74) is 0.320. The molecule has 1 fully saturated rings. The first kappa shape index (κ1) is 8.98. The van der Waals surface area contributed by atoms with Crippen LogP contribution in [0.2, 0.25) is 0 Å². The molecule has 0 spiro atoms. The molecule has 0 amide bonds. The second kappa shape index (κ2) is 3.10. The van der Waals surface area contributed by atoms with Crippen molar-refractivity contribution >= 4 is 0 Å². The van der Waals surface area contributed by atoms with Crippen LogP contribution < -0.4 is 0 Å². The first-order valence-electron chi connectivity index (χ1n) is 4.29. The van der Waals surface area contributed by atoms with Crippen molar-refractivity contribution in [2.24, 2.45) is 11.3 Å². The van der Waals surface area contributed by atoms with Crippen LogP contribution in [0, 0.1) is 11.3 Å². The van der Waals surface area contributed by atoms with E-state index in [1.807, 2.05) is 0 Å². The van der Waals surface area contributed by atoms with Crippen LogP contribution in [0.3, 0.4) is 0 Å². The predicted molar refractivity (Wildman–Crippen MR) is 43.1 cm³/mol. The molecule has 0 radical (unpaired) electrons. The summed E-state index contributed by atoms with van der Waals surface area (Å²) in [6, 6.07) is 0. The predicted octanol–water partition coefficient (Wildman–Crippen LogP) is 2.14. The molecule has 0 aromatic rings. The second-order valence-electron chi connectivity index (χ2n) is 4.39. The summed E-state index contributed by atoms with van der Waals surface area (Å²) < 4.78 is 12.0. The standard InChI is InChI=1S/C9H17FO/c1-9(2)4-3-7(5-9)8(11)6-10/h7-8,11H,3-6H2,1-2H3. The zero-order chi connectivity index (χ0) is 8.48. The lowest BCUT2D eigenvalue weighted by Gasteiger charge is -2.18. The van der Waals surface area contributed by atoms with Crippen LogP contribution in [0.25, 0.3) is 0 Å². The van der Waals surface area contributed by atoms with Gasteiger partial charge in [-0.1, -0.05) is 13.8 Å². The quantitative estimate of drug-likeness (QED) is 0.656. The monoisotopic (exact) mass is 160 g/mol. The van der Waals surface area contributed by atoms with E-state index in [4.69, 9.17) is 0 Å². The van der Waals surface area contributed by atoms with Crippen LogP contribution in [0.1, 0.15) is 33.1 Å². The van der Waals surface area contributed by atoms with Gasteiger partial charge in [0.05, 0.1) is 6.10 Å². The van der Waals surface area contributed by atoms with Gasteiger partial charge in [0.25, 0.3) is 0 Å². The topological polar surface area (TPSA) is 20.2 Å². The minimum absolute atomic E-state index is 0.204. The molecule has 1 aliphatic carbocycles. The average Bonchev–Trinajstić information content (AvgIpc) is 2.29. The maximum Gasteiger partial charge on any atom is 0.116 e. The molecular formula is C9H17FO. The Labute approximate surface area is 67.6 Å². The Hall–Kier alpha value is -0.110. The van der Waals surface area contributed by atoms with Crippen molar-refractivity contribution in [2.75, 3.05) is 6.67 Å². The van der Waals surface area contributed by atoms with Gasteiger partial charge in [0.1, 0.15) is 6.67 Å². The van der Waals surface area contributed by atoms with E-state index in [1.165, 1.54) is 0 Å². The number of hydrogen-bond acceptors (Lipinski definition) is 1. The van der Waals surface area contributed by atoms with Crippen molar-refractivity contribution in [3.05, 3.63) is 0 Å². The normalized spacial score (nSPS) is 32.2. The summed E-state index contributed by atoms with van der Waals surface area (Å²) in [7, 11) is 0. The van der Waals surface area contributed by atoms with E-state index in [9.17, 15) is 9.50 Å². The molecule has 1 nitrogen and oxygen atoms in total. The van der Waals surface area contributed by atoms with Crippen molar-refractivity contribution in [1.82, 2.24) is 0 Å². The lowest BCUT2D eigenvalue weighted by atomic mass is 9.89. The molecule has 1 saturated carbocycles. The highest BCUT2D eigenvalue weighted by atomic mass is 19.1. The second-order valence-corrected chi connectivity index (χ2v) is 4.39. The summed E-state index contributed by atoms with van der Waals surface area (Å²) in [6.45, 7) is 3.77. The van der Waals surface area contributed by atoms with Crippen LogP contribution in [0.4, 0.5) is 4.39 Å². The van der Waals surface area contributed by atoms with E-state index in [2.05, 4.69) is 13.8 Å². The van der Waals surface area contributed by atoms with Crippen molar-refractivity contribution in [1.29, 1.82) is 0 Å². The van der Waals surface area contributed by atoms with Crippen LogP contribution in [0.5, 0.6) is 0 Å². The number of aliphatic hydroxyl groups excluding tert-OH is 1. The zero-order valence-corrected chi connectivity index (χ0v) is 7.31. The maximum atomic E-state index is 12.0. The van der Waals surface area contributed by atoms with Gasteiger partial charge < -0.3 is 5.11 Å². The molecule has 0 heterocycles. The van der Waals surface area contributed by atoms with Crippen molar-refractivity contribution in [3.8, 4) is 0 Å². The van der Waals surface area contributed by atoms with E-state index in [0.717, 1.165) is 19.3 Å². The lowest BCUT2D eigenvalue weighted by Crippen LogP contribution is -2.20. The van der Waals surface area contributed by atoms with Crippen LogP contribution in [0.15, 0.2) is 0 Å². The van der Waals surface area contributed by atoms with Gasteiger partial charge in [-0.2, -0.15) is 0 Å². The Balaban J connectivity index is 2.41. The van der Waals surface area contributed by atoms with Crippen LogP contribution in [-0.4, -0.2) is 17.9 Å². The van der Waals surface area contributed by atoms with E-state index in [0.29, 0.717) is 5.41 Å². The Bertz CT molecular complexity index is 134. The third-order valence-corrected chi connectivity index (χ3v) is 2.71. The Morgan fingerprint density at radius 1 is 1.64 bits per heavy atom. The first-order valence-corrected chi connectivity index (χ1v) is 4.29. The number of halogens is 1. The zero-order valence-electron chi connectivity index (χ0n) is 7.31. The summed E-state index contributed by atoms with van der Waals surface area (Å²) in [6.07, 6.45) is 2.36. The van der Waals surface area contributed by atoms with Crippen molar-refractivity contribution in [3.63, 3.8) is 0 Å². The van der Waals surface area contributed by atoms with Gasteiger partial charge in [0.15, 0.2) is 0 Å². The van der Waals surface area contributed by atoms with Gasteiger partial charge in [-0.15, -0.1) is 0 Å². The lowest BCUT2D eigenvalue weighted by molar-refractivity contribution is 0.0785. The molecule has 0 aromatic carbocycles. The molecule has 1 rings (SSSR count). The van der Waals surface area contributed by atoms with Crippen LogP contribution >= 0.6 is 0 Å². The highest BCUT2D eigenvalue weighted by Gasteiger charge is 2.34. The minimum Gasteiger partial charge on any atom is -0.390 e. The van der Waals surface area contributed by atoms with Gasteiger partial charge in [0, 0.05) is 0 Å². The first-order chi connectivity index (χ1) is 5.05. The van der Waals surface area contributed by atoms with Gasteiger partial charge in [0.2, 0.25) is 0 Å². The molecule has 2 heteroatoms. The molecule has 0 aliphatic heterocycles. The number of aliphatic hydroxyl groups is 1. The Morgan fingerprint density at radius 3 is 2.64 bits per heavy atom. The fraction of sp³-hybridized carbons (Fsp3) is 1.00. The molecule has 1 aliphatic rings. The molecule has 1 N–H and O–H groups in total. The number of rotatable bonds is 2. The van der Waals surface area contributed by atoms with Gasteiger partial charge in [-0.3, -0.25) is 0 Å². The highest BCUT2D eigenvalue weighted by Crippen LogP contribution is 2.42. The smallest absolute Gasteiger partial charge is 0.116 e. The molecular weight excluding hydrogens is 143 g/mol. The molecule has 0 aromatic heterocycles.